The zero-order valence-electron chi connectivity index (χ0n) is 15.5. The van der Waals surface area contributed by atoms with Crippen molar-refractivity contribution in [1.82, 2.24) is 5.43 Å². The fourth-order valence-electron chi connectivity index (χ4n) is 3.70. The van der Waals surface area contributed by atoms with E-state index in [0.717, 1.165) is 22.7 Å². The maximum atomic E-state index is 5.31. The Balaban J connectivity index is 1.80. The number of hydrazone groups is 1. The van der Waals surface area contributed by atoms with Gasteiger partial charge in [0.25, 0.3) is 0 Å². The Bertz CT molecular complexity index is 935. The second-order valence-electron chi connectivity index (χ2n) is 6.56. The zero-order chi connectivity index (χ0) is 18.6. The van der Waals surface area contributed by atoms with E-state index in [9.17, 15) is 0 Å². The monoisotopic (exact) mass is 357 g/mol. The van der Waals surface area contributed by atoms with Gasteiger partial charge in [0.05, 0.1) is 24.8 Å². The quantitative estimate of drug-likeness (QED) is 0.703. The molecular weight excluding hydrogens is 334 g/mol. The average molecular weight is 357 g/mol. The molecule has 1 aliphatic rings. The molecule has 0 saturated heterocycles. The lowest BCUT2D eigenvalue weighted by Gasteiger charge is -2.24. The first-order valence-electron chi connectivity index (χ1n) is 9.11. The molecule has 4 nitrogen and oxygen atoms in total. The van der Waals surface area contributed by atoms with E-state index in [1.807, 2.05) is 25.2 Å². The molecule has 0 spiro atoms. The molecule has 0 aliphatic carbocycles. The summed E-state index contributed by atoms with van der Waals surface area (Å²) >= 11 is 0. The van der Waals surface area contributed by atoms with Crippen LogP contribution >= 0.6 is 0 Å². The van der Waals surface area contributed by atoms with Gasteiger partial charge < -0.3 is 15.5 Å². The minimum Gasteiger partial charge on any atom is -0.497 e. The smallest absolute Gasteiger partial charge is 0.118 e. The maximum absolute atomic E-state index is 5.31. The Labute approximate surface area is 159 Å². The Morgan fingerprint density at radius 3 is 2.30 bits per heavy atom. The molecule has 2 unspecified atom stereocenters. The van der Waals surface area contributed by atoms with E-state index < -0.39 is 0 Å². The molecule has 1 heterocycles. The number of anilines is 1. The van der Waals surface area contributed by atoms with Crippen molar-refractivity contribution < 1.29 is 4.74 Å². The third-order valence-corrected chi connectivity index (χ3v) is 5.06. The zero-order valence-corrected chi connectivity index (χ0v) is 15.5. The Hall–Kier alpha value is -3.27. The first kappa shape index (κ1) is 17.2. The Kier molecular flexibility index (Phi) is 4.79. The van der Waals surface area contributed by atoms with Gasteiger partial charge in [0.15, 0.2) is 0 Å². The summed E-state index contributed by atoms with van der Waals surface area (Å²) in [5.41, 5.74) is 9.10. The van der Waals surface area contributed by atoms with Crippen LogP contribution in [-0.2, 0) is 0 Å². The number of methoxy groups -OCH3 is 1. The number of rotatable bonds is 5. The van der Waals surface area contributed by atoms with Gasteiger partial charge in [0, 0.05) is 12.7 Å². The number of ether oxygens (including phenoxy) is 1. The van der Waals surface area contributed by atoms with E-state index in [2.05, 4.69) is 71.4 Å². The maximum Gasteiger partial charge on any atom is 0.118 e. The second kappa shape index (κ2) is 7.54. The van der Waals surface area contributed by atoms with Crippen molar-refractivity contribution in [3.05, 3.63) is 95.6 Å². The van der Waals surface area contributed by atoms with Gasteiger partial charge in [-0.3, -0.25) is 0 Å². The van der Waals surface area contributed by atoms with Crippen molar-refractivity contribution in [2.24, 2.45) is 5.10 Å². The van der Waals surface area contributed by atoms with Gasteiger partial charge >= 0.3 is 0 Å². The highest BCUT2D eigenvalue weighted by Crippen LogP contribution is 2.41. The summed E-state index contributed by atoms with van der Waals surface area (Å²) in [7, 11) is 3.65. The first-order valence-corrected chi connectivity index (χ1v) is 9.11. The van der Waals surface area contributed by atoms with E-state index >= 15 is 0 Å². The molecule has 0 aromatic heterocycles. The number of hydrogen-bond donors (Lipinski definition) is 2. The molecule has 3 aromatic carbocycles. The predicted octanol–water partition coefficient (Wildman–Crippen LogP) is 4.57. The molecule has 0 amide bonds. The normalized spacial score (nSPS) is 18.5. The standard InChI is InChI=1S/C23H23N3O/c1-24-20-11-7-6-10-19(20)21-22(16-8-4-3-5-9-16)25-26-23(21)17-12-14-18(27-2)15-13-17/h3-15,21,23-24,26H,1-2H3. The third-order valence-electron chi connectivity index (χ3n) is 5.06. The highest BCUT2D eigenvalue weighted by Gasteiger charge is 2.36. The lowest BCUT2D eigenvalue weighted by Crippen LogP contribution is -2.21. The minimum absolute atomic E-state index is 0.0561. The molecular formula is C23H23N3O. The van der Waals surface area contributed by atoms with Crippen LogP contribution in [0.1, 0.15) is 28.7 Å². The van der Waals surface area contributed by atoms with Crippen molar-refractivity contribution >= 4 is 11.4 Å². The number of nitrogens with one attached hydrogen (secondary N) is 2. The van der Waals surface area contributed by atoms with Crippen molar-refractivity contribution in [2.45, 2.75) is 12.0 Å². The molecule has 0 fully saturated rings. The van der Waals surface area contributed by atoms with Crippen LogP contribution in [0.4, 0.5) is 5.69 Å². The Morgan fingerprint density at radius 1 is 0.889 bits per heavy atom. The van der Waals surface area contributed by atoms with Crippen molar-refractivity contribution in [3.63, 3.8) is 0 Å². The average Bonchev–Trinajstić information content (AvgIpc) is 3.19. The molecule has 3 aromatic rings. The molecule has 2 N–H and O–H groups in total. The summed E-state index contributed by atoms with van der Waals surface area (Å²) in [6, 6.07) is 27.1. The van der Waals surface area contributed by atoms with Crippen molar-refractivity contribution in [1.29, 1.82) is 0 Å². The van der Waals surface area contributed by atoms with Gasteiger partial charge in [0.1, 0.15) is 5.75 Å². The summed E-state index contributed by atoms with van der Waals surface area (Å²) in [5, 5.41) is 8.08. The fraction of sp³-hybridized carbons (Fsp3) is 0.174. The van der Waals surface area contributed by atoms with E-state index in [4.69, 9.17) is 9.84 Å². The van der Waals surface area contributed by atoms with Gasteiger partial charge in [-0.1, -0.05) is 60.7 Å². The topological polar surface area (TPSA) is 45.7 Å². The predicted molar refractivity (Wildman–Crippen MR) is 111 cm³/mol. The van der Waals surface area contributed by atoms with Gasteiger partial charge in [0.2, 0.25) is 0 Å². The minimum atomic E-state index is 0.0561. The SMILES string of the molecule is CNc1ccccc1C1C(c2ccccc2)=NNC1c1ccc(OC)cc1. The second-order valence-corrected chi connectivity index (χ2v) is 6.56. The molecule has 4 heteroatoms. The van der Waals surface area contributed by atoms with Crippen LogP contribution in [0, 0.1) is 0 Å². The first-order chi connectivity index (χ1) is 13.3. The van der Waals surface area contributed by atoms with E-state index in [0.29, 0.717) is 0 Å². The molecule has 2 atom stereocenters. The third kappa shape index (κ3) is 3.26. The molecule has 136 valence electrons. The molecule has 0 saturated carbocycles. The highest BCUT2D eigenvalue weighted by atomic mass is 16.5. The fourth-order valence-corrected chi connectivity index (χ4v) is 3.70. The van der Waals surface area contributed by atoms with Crippen LogP contribution in [0.2, 0.25) is 0 Å². The van der Waals surface area contributed by atoms with Crippen LogP contribution in [0.25, 0.3) is 0 Å². The number of para-hydroxylation sites is 1. The van der Waals surface area contributed by atoms with Crippen LogP contribution in [0.5, 0.6) is 5.75 Å². The summed E-state index contributed by atoms with van der Waals surface area (Å²) < 4.78 is 5.31. The number of benzene rings is 3. The summed E-state index contributed by atoms with van der Waals surface area (Å²) in [5.74, 6) is 0.956. The van der Waals surface area contributed by atoms with Gasteiger partial charge in [-0.15, -0.1) is 0 Å². The van der Waals surface area contributed by atoms with Gasteiger partial charge in [-0.2, -0.15) is 5.10 Å². The largest absolute Gasteiger partial charge is 0.497 e. The van der Waals surface area contributed by atoms with Crippen molar-refractivity contribution in [2.75, 3.05) is 19.5 Å². The van der Waals surface area contributed by atoms with E-state index in [1.54, 1.807) is 7.11 Å². The molecule has 0 bridgehead atoms. The molecule has 0 radical (unpaired) electrons. The van der Waals surface area contributed by atoms with Crippen LogP contribution in [0.15, 0.2) is 84.0 Å². The van der Waals surface area contributed by atoms with E-state index in [1.165, 1.54) is 11.1 Å². The van der Waals surface area contributed by atoms with E-state index in [-0.39, 0.29) is 12.0 Å². The molecule has 4 rings (SSSR count). The van der Waals surface area contributed by atoms with Gasteiger partial charge in [-0.05, 0) is 34.9 Å². The van der Waals surface area contributed by atoms with Crippen LogP contribution in [0.3, 0.4) is 0 Å². The molecule has 1 aliphatic heterocycles. The number of hydrogen-bond acceptors (Lipinski definition) is 4. The number of nitrogens with zero attached hydrogens (tertiary/aromatic N) is 1. The summed E-state index contributed by atoms with van der Waals surface area (Å²) in [6.07, 6.45) is 0. The van der Waals surface area contributed by atoms with Crippen LogP contribution in [-0.4, -0.2) is 19.9 Å². The van der Waals surface area contributed by atoms with Crippen LogP contribution < -0.4 is 15.5 Å². The molecule has 27 heavy (non-hydrogen) atoms. The lowest BCUT2D eigenvalue weighted by molar-refractivity contribution is 0.414. The lowest BCUT2D eigenvalue weighted by atomic mass is 9.81. The summed E-state index contributed by atoms with van der Waals surface area (Å²) in [4.78, 5) is 0. The highest BCUT2D eigenvalue weighted by molar-refractivity contribution is 6.07. The van der Waals surface area contributed by atoms with Crippen molar-refractivity contribution in [3.8, 4) is 5.75 Å². The Morgan fingerprint density at radius 2 is 1.59 bits per heavy atom. The summed E-state index contributed by atoms with van der Waals surface area (Å²) in [6.45, 7) is 0. The van der Waals surface area contributed by atoms with Gasteiger partial charge in [-0.25, -0.2) is 0 Å².